The number of allylic oxidation sites excluding steroid dienone is 3. The number of ether oxygens (including phenoxy) is 2. The third-order valence-electron chi connectivity index (χ3n) is 4.77. The minimum atomic E-state index is -0.234. The number of rotatable bonds is 1. The van der Waals surface area contributed by atoms with E-state index in [-0.39, 0.29) is 26.4 Å². The van der Waals surface area contributed by atoms with Crippen LogP contribution < -0.4 is 0 Å². The highest BCUT2D eigenvalue weighted by atomic mass is 31.1. The Morgan fingerprint density at radius 2 is 1.67 bits per heavy atom. The second-order valence-electron chi connectivity index (χ2n) is 6.36. The summed E-state index contributed by atoms with van der Waals surface area (Å²) in [5, 5.41) is 3.39. The average Bonchev–Trinajstić information content (AvgIpc) is 2.77. The number of hydrogen-bond donors (Lipinski definition) is 0. The van der Waals surface area contributed by atoms with Gasteiger partial charge in [-0.15, -0.1) is 0 Å². The normalized spacial score (nSPS) is 42.9. The molecule has 0 aromatic heterocycles. The average molecular weight is 266 g/mol. The molecule has 0 N–H and O–H groups in total. The van der Waals surface area contributed by atoms with E-state index in [1.807, 2.05) is 0 Å². The molecule has 2 bridgehead atoms. The van der Waals surface area contributed by atoms with Crippen LogP contribution in [0.1, 0.15) is 41.5 Å². The first kappa shape index (κ1) is 12.8. The molecule has 3 aliphatic heterocycles. The monoisotopic (exact) mass is 266 g/mol. The van der Waals surface area contributed by atoms with Crippen molar-refractivity contribution in [1.82, 2.24) is 0 Å². The van der Waals surface area contributed by atoms with Crippen LogP contribution in [0.4, 0.5) is 0 Å². The molecule has 100 valence electrons. The summed E-state index contributed by atoms with van der Waals surface area (Å²) < 4.78 is 12.1. The number of hydrogen-bond acceptors (Lipinski definition) is 2. The maximum Gasteiger partial charge on any atom is 0.185 e. The zero-order valence-electron chi connectivity index (χ0n) is 12.2. The molecule has 0 saturated carbocycles. The molecule has 0 amide bonds. The van der Waals surface area contributed by atoms with Gasteiger partial charge in [-0.25, -0.2) is 0 Å². The SMILES string of the molecule is CC1=CC2C(C)=C(C3O[C@@H](C)[C@H](C)O3)P1C2(C)C. The smallest absolute Gasteiger partial charge is 0.185 e. The Morgan fingerprint density at radius 3 is 2.17 bits per heavy atom. The first-order chi connectivity index (χ1) is 8.34. The Morgan fingerprint density at radius 1 is 1.11 bits per heavy atom. The molecule has 0 aliphatic carbocycles. The lowest BCUT2D eigenvalue weighted by Gasteiger charge is -2.29. The van der Waals surface area contributed by atoms with Gasteiger partial charge >= 0.3 is 0 Å². The van der Waals surface area contributed by atoms with Crippen molar-refractivity contribution in [3.8, 4) is 0 Å². The summed E-state index contributed by atoms with van der Waals surface area (Å²) in [4.78, 5) is 0. The maximum atomic E-state index is 6.03. The van der Waals surface area contributed by atoms with Crippen molar-refractivity contribution in [2.45, 2.75) is 65.2 Å². The van der Waals surface area contributed by atoms with Crippen LogP contribution in [-0.2, 0) is 9.47 Å². The lowest BCUT2D eigenvalue weighted by Crippen LogP contribution is -2.20. The summed E-state index contributed by atoms with van der Waals surface area (Å²) >= 11 is 0. The van der Waals surface area contributed by atoms with Gasteiger partial charge in [-0.05, 0) is 40.9 Å². The van der Waals surface area contributed by atoms with Gasteiger partial charge in [-0.1, -0.05) is 25.5 Å². The largest absolute Gasteiger partial charge is 0.343 e. The van der Waals surface area contributed by atoms with Gasteiger partial charge in [0, 0.05) is 16.4 Å². The molecule has 0 radical (unpaired) electrons. The van der Waals surface area contributed by atoms with Crippen LogP contribution in [0.5, 0.6) is 0 Å². The van der Waals surface area contributed by atoms with E-state index in [9.17, 15) is 0 Å². The highest BCUT2D eigenvalue weighted by Crippen LogP contribution is 2.76. The Balaban J connectivity index is 1.95. The van der Waals surface area contributed by atoms with E-state index in [0.717, 1.165) is 0 Å². The van der Waals surface area contributed by atoms with Gasteiger partial charge in [0.1, 0.15) is 0 Å². The topological polar surface area (TPSA) is 18.5 Å². The van der Waals surface area contributed by atoms with Gasteiger partial charge in [0.25, 0.3) is 0 Å². The molecule has 3 rings (SSSR count). The maximum absolute atomic E-state index is 6.03. The van der Waals surface area contributed by atoms with Crippen molar-refractivity contribution >= 4 is 7.92 Å². The second kappa shape index (κ2) is 3.91. The van der Waals surface area contributed by atoms with Gasteiger partial charge in [0.2, 0.25) is 0 Å². The highest BCUT2D eigenvalue weighted by Gasteiger charge is 2.54. The minimum absolute atomic E-state index is 0.0889. The molecular formula is C15H23O2P. The van der Waals surface area contributed by atoms with Gasteiger partial charge < -0.3 is 9.47 Å². The van der Waals surface area contributed by atoms with Crippen LogP contribution in [0.2, 0.25) is 0 Å². The molecule has 2 unspecified atom stereocenters. The fraction of sp³-hybridized carbons (Fsp3) is 0.733. The number of fused-ring (bicyclic) bond motifs is 2. The van der Waals surface area contributed by atoms with Crippen LogP contribution in [0.3, 0.4) is 0 Å². The molecule has 0 aromatic rings. The van der Waals surface area contributed by atoms with E-state index in [2.05, 4.69) is 47.6 Å². The second-order valence-corrected chi connectivity index (χ2v) is 9.37. The van der Waals surface area contributed by atoms with E-state index in [4.69, 9.17) is 9.47 Å². The standard InChI is InChI=1S/C15H23O2P/c1-8-7-12-9(2)13(18(8)15(12,5)6)14-16-10(3)11(4)17-14/h7,10-12,14H,1-6H3/t10-,11-,12?,18?/m0/s1. The van der Waals surface area contributed by atoms with Crippen molar-refractivity contribution < 1.29 is 9.47 Å². The Hall–Kier alpha value is -0.170. The molecule has 1 fully saturated rings. The van der Waals surface area contributed by atoms with Gasteiger partial charge in [-0.3, -0.25) is 0 Å². The lowest BCUT2D eigenvalue weighted by atomic mass is 9.88. The molecule has 0 spiro atoms. The highest BCUT2D eigenvalue weighted by molar-refractivity contribution is 7.68. The van der Waals surface area contributed by atoms with Crippen LogP contribution >= 0.6 is 7.92 Å². The van der Waals surface area contributed by atoms with Crippen LogP contribution in [-0.4, -0.2) is 23.7 Å². The molecule has 3 heterocycles. The molecular weight excluding hydrogens is 243 g/mol. The van der Waals surface area contributed by atoms with Crippen molar-refractivity contribution in [2.24, 2.45) is 5.92 Å². The first-order valence-corrected chi connectivity index (χ1v) is 8.18. The zero-order valence-corrected chi connectivity index (χ0v) is 13.0. The van der Waals surface area contributed by atoms with E-state index in [0.29, 0.717) is 11.1 Å². The summed E-state index contributed by atoms with van der Waals surface area (Å²) in [6.07, 6.45) is 2.79. The Kier molecular flexibility index (Phi) is 2.79. The first-order valence-electron chi connectivity index (χ1n) is 6.84. The minimum Gasteiger partial charge on any atom is -0.343 e. The van der Waals surface area contributed by atoms with Crippen molar-refractivity contribution in [1.29, 1.82) is 0 Å². The van der Waals surface area contributed by atoms with E-state index >= 15 is 0 Å². The van der Waals surface area contributed by atoms with Crippen LogP contribution in [0, 0.1) is 5.92 Å². The van der Waals surface area contributed by atoms with Crippen molar-refractivity contribution in [3.05, 3.63) is 22.3 Å². The Bertz CT molecular complexity index is 439. The molecule has 3 heteroatoms. The molecule has 4 atom stereocenters. The van der Waals surface area contributed by atoms with E-state index in [1.165, 1.54) is 10.9 Å². The van der Waals surface area contributed by atoms with Gasteiger partial charge in [0.05, 0.1) is 12.2 Å². The Labute approximate surface area is 111 Å². The summed E-state index contributed by atoms with van der Waals surface area (Å²) in [6.45, 7) is 13.6. The quantitative estimate of drug-likeness (QED) is 0.662. The van der Waals surface area contributed by atoms with Crippen molar-refractivity contribution in [3.63, 3.8) is 0 Å². The van der Waals surface area contributed by atoms with E-state index in [1.54, 1.807) is 5.31 Å². The van der Waals surface area contributed by atoms with Crippen molar-refractivity contribution in [2.75, 3.05) is 0 Å². The third kappa shape index (κ3) is 1.52. The summed E-state index contributed by atoms with van der Waals surface area (Å²) in [5.74, 6) is 0.594. The van der Waals surface area contributed by atoms with Crippen LogP contribution in [0.25, 0.3) is 0 Å². The molecule has 2 nitrogen and oxygen atoms in total. The lowest BCUT2D eigenvalue weighted by molar-refractivity contribution is -0.0282. The fourth-order valence-electron chi connectivity index (χ4n) is 3.67. The molecule has 18 heavy (non-hydrogen) atoms. The summed E-state index contributed by atoms with van der Waals surface area (Å²) in [6, 6.07) is 0. The molecule has 1 saturated heterocycles. The fourth-order valence-corrected chi connectivity index (χ4v) is 7.25. The third-order valence-corrected chi connectivity index (χ3v) is 8.10. The molecule has 3 aliphatic rings. The van der Waals surface area contributed by atoms with Gasteiger partial charge in [-0.2, -0.15) is 0 Å². The zero-order chi connectivity index (χ0) is 13.2. The van der Waals surface area contributed by atoms with Crippen LogP contribution in [0.15, 0.2) is 22.3 Å². The van der Waals surface area contributed by atoms with Gasteiger partial charge in [0.15, 0.2) is 6.29 Å². The predicted molar refractivity (Wildman–Crippen MR) is 75.8 cm³/mol. The predicted octanol–water partition coefficient (Wildman–Crippen LogP) is 4.22. The van der Waals surface area contributed by atoms with E-state index < -0.39 is 0 Å². The summed E-state index contributed by atoms with van der Waals surface area (Å²) in [5.41, 5.74) is 1.50. The summed E-state index contributed by atoms with van der Waals surface area (Å²) in [7, 11) is -0.234. The molecule has 0 aromatic carbocycles.